The third kappa shape index (κ3) is 4.83. The van der Waals surface area contributed by atoms with Gasteiger partial charge in [-0.2, -0.15) is 5.26 Å². The Bertz CT molecular complexity index is 830. The predicted molar refractivity (Wildman–Crippen MR) is 111 cm³/mol. The number of benzene rings is 1. The molecular weight excluding hydrogens is 413 g/mol. The molecule has 0 aliphatic heterocycles. The van der Waals surface area contributed by atoms with Gasteiger partial charge in [-0.15, -0.1) is 22.9 Å². The van der Waals surface area contributed by atoms with Crippen molar-refractivity contribution in [1.82, 2.24) is 5.32 Å². The second-order valence-corrected chi connectivity index (χ2v) is 7.71. The van der Waals surface area contributed by atoms with Crippen LogP contribution in [-0.4, -0.2) is 24.9 Å². The molecule has 0 spiro atoms. The molecule has 0 unspecified atom stereocenters. The number of carbonyl (C=O) groups excluding carboxylic acids is 1. The first-order chi connectivity index (χ1) is 12.5. The lowest BCUT2D eigenvalue weighted by Crippen LogP contribution is -2.24. The molecule has 4 nitrogen and oxygen atoms in total. The Morgan fingerprint density at radius 3 is 2.69 bits per heavy atom. The van der Waals surface area contributed by atoms with Gasteiger partial charge >= 0.3 is 0 Å². The third-order valence-electron chi connectivity index (χ3n) is 3.56. The smallest absolute Gasteiger partial charge is 0.262 e. The zero-order chi connectivity index (χ0) is 19.1. The van der Waals surface area contributed by atoms with Crippen LogP contribution in [0.2, 0.25) is 10.0 Å². The molecule has 26 heavy (non-hydrogen) atoms. The quantitative estimate of drug-likeness (QED) is 0.412. The number of carbonyl (C=O) groups is 1. The summed E-state index contributed by atoms with van der Waals surface area (Å²) in [6.45, 7) is 3.20. The van der Waals surface area contributed by atoms with Gasteiger partial charge in [0.05, 0.1) is 5.56 Å². The van der Waals surface area contributed by atoms with E-state index in [0.717, 1.165) is 6.42 Å². The van der Waals surface area contributed by atoms with E-state index in [-0.39, 0.29) is 5.91 Å². The van der Waals surface area contributed by atoms with Gasteiger partial charge in [0, 0.05) is 40.1 Å². The topological polar surface area (TPSA) is 64.9 Å². The molecule has 0 bridgehead atoms. The fourth-order valence-electron chi connectivity index (χ4n) is 2.36. The average molecular weight is 431 g/mol. The standard InChI is InChI=1S/C18H18Cl3N3OS/c1-2-7-24-18-13(10-22)15(12-5-4-11(20)9-14(12)21)16(26-18)17(25)23-8-3-6-19/h4-5,9,24H,2-3,6-8H2,1H3,(H,23,25). The first-order valence-electron chi connectivity index (χ1n) is 8.13. The van der Waals surface area contributed by atoms with E-state index in [9.17, 15) is 10.1 Å². The van der Waals surface area contributed by atoms with Crippen LogP contribution in [0, 0.1) is 11.3 Å². The van der Waals surface area contributed by atoms with Gasteiger partial charge in [0.15, 0.2) is 0 Å². The number of amides is 1. The molecule has 0 radical (unpaired) electrons. The SMILES string of the molecule is CCCNc1sc(C(=O)NCCCCl)c(-c2ccc(Cl)cc2Cl)c1C#N. The van der Waals surface area contributed by atoms with E-state index in [0.29, 0.717) is 62.0 Å². The van der Waals surface area contributed by atoms with Crippen molar-refractivity contribution < 1.29 is 4.79 Å². The van der Waals surface area contributed by atoms with Gasteiger partial charge in [-0.3, -0.25) is 4.79 Å². The fourth-order valence-corrected chi connectivity index (χ4v) is 4.10. The number of anilines is 1. The van der Waals surface area contributed by atoms with Gasteiger partial charge in [-0.05, 0) is 25.0 Å². The van der Waals surface area contributed by atoms with E-state index >= 15 is 0 Å². The van der Waals surface area contributed by atoms with Crippen molar-refractivity contribution in [2.24, 2.45) is 0 Å². The minimum Gasteiger partial charge on any atom is -0.376 e. The molecule has 0 saturated carbocycles. The molecule has 0 aliphatic carbocycles. The van der Waals surface area contributed by atoms with Crippen molar-refractivity contribution in [3.8, 4) is 17.2 Å². The number of thiophene rings is 1. The molecular formula is C18H18Cl3N3OS. The number of rotatable bonds is 8. The van der Waals surface area contributed by atoms with E-state index in [1.807, 2.05) is 6.92 Å². The van der Waals surface area contributed by atoms with Gasteiger partial charge in [-0.25, -0.2) is 0 Å². The van der Waals surface area contributed by atoms with Crippen LogP contribution in [0.5, 0.6) is 0 Å². The van der Waals surface area contributed by atoms with Gasteiger partial charge in [0.2, 0.25) is 0 Å². The van der Waals surface area contributed by atoms with E-state index in [1.165, 1.54) is 11.3 Å². The van der Waals surface area contributed by atoms with Gasteiger partial charge in [0.1, 0.15) is 15.9 Å². The minimum absolute atomic E-state index is 0.248. The molecule has 2 N–H and O–H groups in total. The van der Waals surface area contributed by atoms with E-state index < -0.39 is 0 Å². The molecule has 1 heterocycles. The van der Waals surface area contributed by atoms with Crippen LogP contribution in [0.25, 0.3) is 11.1 Å². The maximum Gasteiger partial charge on any atom is 0.262 e. The molecule has 0 saturated heterocycles. The Kier molecular flexibility index (Phi) is 8.05. The second-order valence-electron chi connectivity index (χ2n) is 5.47. The van der Waals surface area contributed by atoms with Crippen molar-refractivity contribution in [2.45, 2.75) is 19.8 Å². The second kappa shape index (κ2) is 10.0. The van der Waals surface area contributed by atoms with Crippen molar-refractivity contribution in [2.75, 3.05) is 24.3 Å². The fraction of sp³-hybridized carbons (Fsp3) is 0.333. The molecule has 8 heteroatoms. The van der Waals surface area contributed by atoms with Crippen molar-refractivity contribution >= 4 is 57.0 Å². The Balaban J connectivity index is 2.56. The van der Waals surface area contributed by atoms with Crippen LogP contribution in [0.3, 0.4) is 0 Å². The Labute approximate surface area is 172 Å². The lowest BCUT2D eigenvalue weighted by Gasteiger charge is -2.08. The summed E-state index contributed by atoms with van der Waals surface area (Å²) in [5, 5.41) is 17.3. The minimum atomic E-state index is -0.248. The monoisotopic (exact) mass is 429 g/mol. The van der Waals surface area contributed by atoms with Crippen molar-refractivity contribution in [1.29, 1.82) is 5.26 Å². The normalized spacial score (nSPS) is 10.4. The van der Waals surface area contributed by atoms with E-state index in [2.05, 4.69) is 16.7 Å². The van der Waals surface area contributed by atoms with E-state index in [4.69, 9.17) is 34.8 Å². The highest BCUT2D eigenvalue weighted by Gasteiger charge is 2.25. The maximum atomic E-state index is 12.7. The number of alkyl halides is 1. The number of nitrogens with zero attached hydrogens (tertiary/aromatic N) is 1. The third-order valence-corrected chi connectivity index (χ3v) is 5.52. The zero-order valence-electron chi connectivity index (χ0n) is 14.2. The van der Waals surface area contributed by atoms with Crippen LogP contribution >= 0.6 is 46.1 Å². The number of nitrogens with one attached hydrogen (secondary N) is 2. The van der Waals surface area contributed by atoms with Crippen LogP contribution in [0.4, 0.5) is 5.00 Å². The zero-order valence-corrected chi connectivity index (χ0v) is 17.2. The summed E-state index contributed by atoms with van der Waals surface area (Å²) in [6, 6.07) is 7.23. The molecule has 1 amide bonds. The van der Waals surface area contributed by atoms with Gasteiger partial charge < -0.3 is 10.6 Å². The lowest BCUT2D eigenvalue weighted by atomic mass is 10.0. The number of hydrogen-bond acceptors (Lipinski definition) is 4. The summed E-state index contributed by atoms with van der Waals surface area (Å²) in [6.07, 6.45) is 1.57. The Hall–Kier alpha value is -1.45. The van der Waals surface area contributed by atoms with Crippen molar-refractivity contribution in [3.63, 3.8) is 0 Å². The first kappa shape index (κ1) is 20.9. The molecule has 138 valence electrons. The van der Waals surface area contributed by atoms with Crippen molar-refractivity contribution in [3.05, 3.63) is 38.7 Å². The summed E-state index contributed by atoms with van der Waals surface area (Å²) in [5.74, 6) is 0.218. The predicted octanol–water partition coefficient (Wildman–Crippen LogP) is 5.77. The highest BCUT2D eigenvalue weighted by atomic mass is 35.5. The molecule has 0 fully saturated rings. The summed E-state index contributed by atoms with van der Waals surface area (Å²) in [7, 11) is 0. The molecule has 2 aromatic rings. The maximum absolute atomic E-state index is 12.7. The van der Waals surface area contributed by atoms with Gasteiger partial charge in [0.25, 0.3) is 5.91 Å². The van der Waals surface area contributed by atoms with Crippen LogP contribution < -0.4 is 10.6 Å². The molecule has 1 aromatic heterocycles. The molecule has 0 aliphatic rings. The molecule has 0 atom stereocenters. The Morgan fingerprint density at radius 2 is 2.08 bits per heavy atom. The molecule has 1 aromatic carbocycles. The van der Waals surface area contributed by atoms with Gasteiger partial charge in [-0.1, -0.05) is 36.2 Å². The summed E-state index contributed by atoms with van der Waals surface area (Å²) in [5.41, 5.74) is 1.55. The van der Waals surface area contributed by atoms with Crippen LogP contribution in [0.15, 0.2) is 18.2 Å². The van der Waals surface area contributed by atoms with Crippen LogP contribution in [0.1, 0.15) is 35.0 Å². The largest absolute Gasteiger partial charge is 0.376 e. The number of nitriles is 1. The Morgan fingerprint density at radius 1 is 1.31 bits per heavy atom. The highest BCUT2D eigenvalue weighted by molar-refractivity contribution is 7.18. The first-order valence-corrected chi connectivity index (χ1v) is 10.2. The highest BCUT2D eigenvalue weighted by Crippen LogP contribution is 2.43. The molecule has 2 rings (SSSR count). The number of halogens is 3. The number of hydrogen-bond donors (Lipinski definition) is 2. The van der Waals surface area contributed by atoms with Crippen LogP contribution in [-0.2, 0) is 0 Å². The lowest BCUT2D eigenvalue weighted by molar-refractivity contribution is 0.0958. The van der Waals surface area contributed by atoms with E-state index in [1.54, 1.807) is 18.2 Å². The summed E-state index contributed by atoms with van der Waals surface area (Å²) < 4.78 is 0. The summed E-state index contributed by atoms with van der Waals surface area (Å²) >= 11 is 19.3. The average Bonchev–Trinajstić information content (AvgIpc) is 2.98. The summed E-state index contributed by atoms with van der Waals surface area (Å²) in [4.78, 5) is 13.1.